The Morgan fingerprint density at radius 3 is 2.28 bits per heavy atom. The first-order valence-corrected chi connectivity index (χ1v) is 6.23. The lowest BCUT2D eigenvalue weighted by atomic mass is 10.1. The maximum absolute atomic E-state index is 13.9. The van der Waals surface area contributed by atoms with Crippen LogP contribution in [0.25, 0.3) is 10.9 Å². The molecular formula is C10BrCl3F2N2. The summed E-state index contributed by atoms with van der Waals surface area (Å²) in [6.45, 7) is 0. The molecule has 8 heteroatoms. The zero-order valence-corrected chi connectivity index (χ0v) is 12.0. The van der Waals surface area contributed by atoms with Crippen LogP contribution in [0.2, 0.25) is 15.2 Å². The Morgan fingerprint density at radius 1 is 1.11 bits per heavy atom. The summed E-state index contributed by atoms with van der Waals surface area (Å²) in [6.07, 6.45) is 0. The summed E-state index contributed by atoms with van der Waals surface area (Å²) in [5.74, 6) is -1.87. The lowest BCUT2D eigenvalue weighted by molar-refractivity contribution is 0.610. The van der Waals surface area contributed by atoms with Gasteiger partial charge in [-0.25, -0.2) is 13.8 Å². The third-order valence-electron chi connectivity index (χ3n) is 2.21. The molecule has 2 rings (SSSR count). The molecule has 0 fully saturated rings. The number of nitrogens with zero attached hydrogens (tertiary/aromatic N) is 2. The molecule has 0 saturated carbocycles. The number of hydrogen-bond donors (Lipinski definition) is 0. The summed E-state index contributed by atoms with van der Waals surface area (Å²) in [6, 6.07) is 1.67. The Kier molecular flexibility index (Phi) is 3.65. The van der Waals surface area contributed by atoms with E-state index in [1.54, 1.807) is 6.07 Å². The number of rotatable bonds is 0. The summed E-state index contributed by atoms with van der Waals surface area (Å²) < 4.78 is 27.5. The molecule has 0 aliphatic heterocycles. The third-order valence-corrected chi connectivity index (χ3v) is 4.19. The average molecular weight is 372 g/mol. The minimum absolute atomic E-state index is 0.234. The predicted molar refractivity (Wildman–Crippen MR) is 69.1 cm³/mol. The van der Waals surface area contributed by atoms with Crippen molar-refractivity contribution in [2.45, 2.75) is 0 Å². The minimum Gasteiger partial charge on any atom is -0.231 e. The highest BCUT2D eigenvalue weighted by atomic mass is 79.9. The second-order valence-electron chi connectivity index (χ2n) is 3.18. The molecule has 0 atom stereocenters. The van der Waals surface area contributed by atoms with Crippen LogP contribution in [-0.2, 0) is 0 Å². The van der Waals surface area contributed by atoms with Gasteiger partial charge < -0.3 is 0 Å². The van der Waals surface area contributed by atoms with Crippen molar-refractivity contribution in [3.63, 3.8) is 0 Å². The van der Waals surface area contributed by atoms with Crippen molar-refractivity contribution < 1.29 is 8.78 Å². The van der Waals surface area contributed by atoms with Gasteiger partial charge in [0, 0.05) is 0 Å². The molecule has 18 heavy (non-hydrogen) atoms. The molecule has 1 heterocycles. The zero-order chi connectivity index (χ0) is 13.6. The highest BCUT2D eigenvalue weighted by Crippen LogP contribution is 2.40. The van der Waals surface area contributed by atoms with Gasteiger partial charge in [0.05, 0.1) is 19.9 Å². The lowest BCUT2D eigenvalue weighted by Gasteiger charge is -2.09. The van der Waals surface area contributed by atoms with Crippen LogP contribution in [-0.4, -0.2) is 4.98 Å². The van der Waals surface area contributed by atoms with Crippen LogP contribution in [0.1, 0.15) is 5.56 Å². The van der Waals surface area contributed by atoms with Gasteiger partial charge in [0.25, 0.3) is 0 Å². The topological polar surface area (TPSA) is 36.7 Å². The molecule has 0 unspecified atom stereocenters. The van der Waals surface area contributed by atoms with Gasteiger partial charge in [-0.3, -0.25) is 0 Å². The first kappa shape index (κ1) is 13.8. The van der Waals surface area contributed by atoms with Crippen molar-refractivity contribution >= 4 is 61.6 Å². The molecule has 0 spiro atoms. The summed E-state index contributed by atoms with van der Waals surface area (Å²) >= 11 is 19.9. The van der Waals surface area contributed by atoms with E-state index in [9.17, 15) is 8.78 Å². The van der Waals surface area contributed by atoms with Gasteiger partial charge in [0.1, 0.15) is 22.3 Å². The monoisotopic (exact) mass is 370 g/mol. The van der Waals surface area contributed by atoms with E-state index in [1.807, 2.05) is 0 Å². The van der Waals surface area contributed by atoms with Gasteiger partial charge >= 0.3 is 0 Å². The maximum Gasteiger partial charge on any atom is 0.165 e. The van der Waals surface area contributed by atoms with Crippen molar-refractivity contribution in [2.75, 3.05) is 0 Å². The molecule has 2 aromatic rings. The number of hydrogen-bond acceptors (Lipinski definition) is 2. The number of benzene rings is 1. The number of halogens is 6. The van der Waals surface area contributed by atoms with E-state index in [1.165, 1.54) is 0 Å². The van der Waals surface area contributed by atoms with Crippen molar-refractivity contribution in [1.82, 2.24) is 4.98 Å². The molecular weight excluding hydrogens is 372 g/mol. The summed E-state index contributed by atoms with van der Waals surface area (Å²) in [7, 11) is 0. The van der Waals surface area contributed by atoms with Crippen molar-refractivity contribution in [3.8, 4) is 6.07 Å². The molecule has 0 aliphatic carbocycles. The van der Waals surface area contributed by atoms with Gasteiger partial charge in [-0.2, -0.15) is 5.26 Å². The third kappa shape index (κ3) is 1.84. The van der Waals surface area contributed by atoms with Crippen LogP contribution in [0.5, 0.6) is 0 Å². The van der Waals surface area contributed by atoms with Gasteiger partial charge in [0.15, 0.2) is 11.6 Å². The SMILES string of the molecule is N#Cc1c(Cl)nc2c(F)c(Br)c(Cl)c(F)c2c1Cl. The Labute approximate surface area is 123 Å². The van der Waals surface area contributed by atoms with E-state index in [2.05, 4.69) is 20.9 Å². The Bertz CT molecular complexity index is 728. The highest BCUT2D eigenvalue weighted by Gasteiger charge is 2.23. The van der Waals surface area contributed by atoms with Crippen molar-refractivity contribution in [1.29, 1.82) is 5.26 Å². The van der Waals surface area contributed by atoms with Crippen LogP contribution in [0.3, 0.4) is 0 Å². The number of pyridine rings is 1. The number of fused-ring (bicyclic) bond motifs is 1. The molecule has 0 bridgehead atoms. The number of nitriles is 1. The van der Waals surface area contributed by atoms with Crippen LogP contribution in [0, 0.1) is 23.0 Å². The standard InChI is InChI=1S/C10BrCl3F2N2/c11-4-6(13)7(15)3-5(12)2(1-17)10(14)18-9(3)8(4)16. The van der Waals surface area contributed by atoms with Crippen LogP contribution in [0.4, 0.5) is 8.78 Å². The van der Waals surface area contributed by atoms with Crippen LogP contribution >= 0.6 is 50.7 Å². The van der Waals surface area contributed by atoms with Crippen LogP contribution in [0.15, 0.2) is 4.47 Å². The van der Waals surface area contributed by atoms with E-state index < -0.39 is 22.2 Å². The molecule has 92 valence electrons. The fraction of sp³-hybridized carbons (Fsp3) is 0. The first-order chi connectivity index (χ1) is 8.40. The van der Waals surface area contributed by atoms with E-state index in [0.29, 0.717) is 0 Å². The quantitative estimate of drug-likeness (QED) is 0.366. The second kappa shape index (κ2) is 4.78. The van der Waals surface area contributed by atoms with Gasteiger partial charge in [-0.1, -0.05) is 34.8 Å². The maximum atomic E-state index is 13.9. The fourth-order valence-corrected chi connectivity index (χ4v) is 2.50. The summed E-state index contributed by atoms with van der Waals surface area (Å²) in [5, 5.41) is 7.35. The molecule has 0 radical (unpaired) electrons. The van der Waals surface area contributed by atoms with Gasteiger partial charge in [0.2, 0.25) is 0 Å². The minimum atomic E-state index is -0.967. The highest BCUT2D eigenvalue weighted by molar-refractivity contribution is 9.10. The van der Waals surface area contributed by atoms with Crippen molar-refractivity contribution in [3.05, 3.63) is 36.9 Å². The average Bonchev–Trinajstić information content (AvgIpc) is 2.33. The van der Waals surface area contributed by atoms with Crippen molar-refractivity contribution in [2.24, 2.45) is 0 Å². The molecule has 0 amide bonds. The Hall–Kier alpha value is -0.670. The lowest BCUT2D eigenvalue weighted by Crippen LogP contribution is -1.96. The molecule has 2 nitrogen and oxygen atoms in total. The van der Waals surface area contributed by atoms with E-state index in [-0.39, 0.29) is 25.6 Å². The molecule has 1 aromatic carbocycles. The van der Waals surface area contributed by atoms with Gasteiger partial charge in [-0.05, 0) is 15.9 Å². The molecule has 0 aliphatic rings. The molecule has 0 saturated heterocycles. The fourth-order valence-electron chi connectivity index (χ4n) is 1.39. The Morgan fingerprint density at radius 2 is 1.72 bits per heavy atom. The van der Waals surface area contributed by atoms with E-state index in [4.69, 9.17) is 40.1 Å². The smallest absolute Gasteiger partial charge is 0.165 e. The largest absolute Gasteiger partial charge is 0.231 e. The van der Waals surface area contributed by atoms with E-state index >= 15 is 0 Å². The zero-order valence-electron chi connectivity index (χ0n) is 8.16. The summed E-state index contributed by atoms with van der Waals surface area (Å²) in [5.41, 5.74) is -0.625. The second-order valence-corrected chi connectivity index (χ2v) is 5.09. The van der Waals surface area contributed by atoms with Crippen LogP contribution < -0.4 is 0 Å². The normalized spacial score (nSPS) is 10.7. The molecule has 0 N–H and O–H groups in total. The van der Waals surface area contributed by atoms with Gasteiger partial charge in [-0.15, -0.1) is 0 Å². The first-order valence-electron chi connectivity index (χ1n) is 4.30. The van der Waals surface area contributed by atoms with E-state index in [0.717, 1.165) is 0 Å². The predicted octanol–water partition coefficient (Wildman–Crippen LogP) is 5.11. The Balaban J connectivity index is 3.14. The molecule has 1 aromatic heterocycles. The summed E-state index contributed by atoms with van der Waals surface area (Å²) in [4.78, 5) is 3.62. The number of aromatic nitrogens is 1.